The third kappa shape index (κ3) is 4.73. The molecule has 0 spiro atoms. The fourth-order valence-electron chi connectivity index (χ4n) is 3.18. The maximum absolute atomic E-state index is 12.8. The van der Waals surface area contributed by atoms with Crippen LogP contribution in [-0.4, -0.2) is 28.3 Å². The van der Waals surface area contributed by atoms with Crippen LogP contribution in [0.25, 0.3) is 16.3 Å². The number of aryl methyl sites for hydroxylation is 2. The van der Waals surface area contributed by atoms with Gasteiger partial charge in [-0.15, -0.1) is 11.3 Å². The minimum Gasteiger partial charge on any atom is -0.452 e. The van der Waals surface area contributed by atoms with Gasteiger partial charge in [-0.3, -0.25) is 4.79 Å². The highest BCUT2D eigenvalue weighted by Crippen LogP contribution is 2.28. The zero-order chi connectivity index (χ0) is 21.8. The van der Waals surface area contributed by atoms with Crippen LogP contribution in [0.5, 0.6) is 0 Å². The molecule has 0 radical (unpaired) electrons. The van der Waals surface area contributed by atoms with Crippen LogP contribution >= 0.6 is 11.3 Å². The molecular weight excluding hydrogens is 410 g/mol. The van der Waals surface area contributed by atoms with Crippen LogP contribution in [0.15, 0.2) is 72.2 Å². The summed E-state index contributed by atoms with van der Waals surface area (Å²) in [6, 6.07) is 19.0. The van der Waals surface area contributed by atoms with Gasteiger partial charge < -0.3 is 10.1 Å². The molecule has 0 aliphatic carbocycles. The van der Waals surface area contributed by atoms with Crippen molar-refractivity contribution in [1.29, 1.82) is 0 Å². The maximum atomic E-state index is 12.8. The van der Waals surface area contributed by atoms with Gasteiger partial charge in [0, 0.05) is 11.9 Å². The molecule has 1 amide bonds. The summed E-state index contributed by atoms with van der Waals surface area (Å²) in [6.07, 6.45) is 1.63. The SMILES string of the molecule is Cc1ccc(NC(=O)COC(=O)c2cn(-c3ccccc3)nc2-c2cccs2)c(C)c1. The Morgan fingerprint density at radius 3 is 2.58 bits per heavy atom. The van der Waals surface area contributed by atoms with Crippen molar-refractivity contribution in [3.8, 4) is 16.3 Å². The number of rotatable bonds is 6. The minimum absolute atomic E-state index is 0.311. The molecule has 7 heteroatoms. The van der Waals surface area contributed by atoms with Crippen LogP contribution in [0, 0.1) is 13.8 Å². The van der Waals surface area contributed by atoms with Gasteiger partial charge in [0.2, 0.25) is 0 Å². The van der Waals surface area contributed by atoms with E-state index in [0.717, 1.165) is 21.7 Å². The molecule has 2 aromatic heterocycles. The molecule has 0 aliphatic rings. The molecule has 31 heavy (non-hydrogen) atoms. The second-order valence-corrected chi connectivity index (χ2v) is 8.04. The van der Waals surface area contributed by atoms with Gasteiger partial charge in [-0.05, 0) is 49.1 Å². The Bertz CT molecular complexity index is 1210. The van der Waals surface area contributed by atoms with Crippen LogP contribution in [0.2, 0.25) is 0 Å². The predicted octanol–water partition coefficient (Wildman–Crippen LogP) is 5.01. The molecule has 6 nitrogen and oxygen atoms in total. The van der Waals surface area contributed by atoms with Crippen molar-refractivity contribution in [2.45, 2.75) is 13.8 Å². The Balaban J connectivity index is 1.51. The first-order valence-electron chi connectivity index (χ1n) is 9.74. The smallest absolute Gasteiger partial charge is 0.342 e. The number of anilines is 1. The van der Waals surface area contributed by atoms with Crippen molar-refractivity contribution < 1.29 is 14.3 Å². The van der Waals surface area contributed by atoms with E-state index < -0.39 is 11.9 Å². The summed E-state index contributed by atoms with van der Waals surface area (Å²) in [5.74, 6) is -0.991. The number of nitrogens with zero attached hydrogens (tertiary/aromatic N) is 2. The number of thiophene rings is 1. The lowest BCUT2D eigenvalue weighted by molar-refractivity contribution is -0.119. The number of esters is 1. The van der Waals surface area contributed by atoms with Crippen molar-refractivity contribution in [2.75, 3.05) is 11.9 Å². The molecule has 4 aromatic rings. The van der Waals surface area contributed by atoms with Gasteiger partial charge in [0.05, 0.1) is 10.6 Å². The topological polar surface area (TPSA) is 73.2 Å². The predicted molar refractivity (Wildman–Crippen MR) is 122 cm³/mol. The highest BCUT2D eigenvalue weighted by molar-refractivity contribution is 7.13. The Hall–Kier alpha value is -3.71. The lowest BCUT2D eigenvalue weighted by Crippen LogP contribution is -2.21. The normalized spacial score (nSPS) is 10.6. The summed E-state index contributed by atoms with van der Waals surface area (Å²) in [7, 11) is 0. The zero-order valence-electron chi connectivity index (χ0n) is 17.2. The molecule has 2 heterocycles. The van der Waals surface area contributed by atoms with E-state index >= 15 is 0 Å². The van der Waals surface area contributed by atoms with Gasteiger partial charge in [-0.25, -0.2) is 9.48 Å². The standard InChI is InChI=1S/C24H21N3O3S/c1-16-10-11-20(17(2)13-16)25-22(28)15-30-24(29)19-14-27(18-7-4-3-5-8-18)26-23(19)21-9-6-12-31-21/h3-14H,15H2,1-2H3,(H,25,28). The Morgan fingerprint density at radius 1 is 1.06 bits per heavy atom. The number of para-hydroxylation sites is 1. The summed E-state index contributed by atoms with van der Waals surface area (Å²) >= 11 is 1.48. The molecule has 0 aliphatic heterocycles. The lowest BCUT2D eigenvalue weighted by Gasteiger charge is -2.09. The summed E-state index contributed by atoms with van der Waals surface area (Å²) < 4.78 is 6.95. The monoisotopic (exact) mass is 431 g/mol. The van der Waals surface area contributed by atoms with Crippen molar-refractivity contribution in [2.24, 2.45) is 0 Å². The van der Waals surface area contributed by atoms with E-state index in [1.807, 2.05) is 79.9 Å². The Morgan fingerprint density at radius 2 is 1.87 bits per heavy atom. The van der Waals surface area contributed by atoms with Crippen molar-refractivity contribution in [3.05, 3.63) is 88.9 Å². The summed E-state index contributed by atoms with van der Waals surface area (Å²) in [4.78, 5) is 26.0. The summed E-state index contributed by atoms with van der Waals surface area (Å²) in [5.41, 5.74) is 4.42. The first-order valence-corrected chi connectivity index (χ1v) is 10.6. The fourth-order valence-corrected chi connectivity index (χ4v) is 3.90. The first-order chi connectivity index (χ1) is 15.0. The molecule has 0 saturated carbocycles. The largest absolute Gasteiger partial charge is 0.452 e. The van der Waals surface area contributed by atoms with E-state index in [1.54, 1.807) is 10.9 Å². The molecule has 0 saturated heterocycles. The highest BCUT2D eigenvalue weighted by Gasteiger charge is 2.21. The average Bonchev–Trinajstić information content (AvgIpc) is 3.44. The Kier molecular flexibility index (Phi) is 5.95. The number of ether oxygens (including phenoxy) is 1. The third-order valence-electron chi connectivity index (χ3n) is 4.70. The van der Waals surface area contributed by atoms with Gasteiger partial charge >= 0.3 is 5.97 Å². The van der Waals surface area contributed by atoms with Gasteiger partial charge in [-0.2, -0.15) is 5.10 Å². The van der Waals surface area contributed by atoms with Gasteiger partial charge in [0.1, 0.15) is 11.3 Å². The molecule has 2 aromatic carbocycles. The molecule has 0 atom stereocenters. The maximum Gasteiger partial charge on any atom is 0.342 e. The van der Waals surface area contributed by atoms with Crippen LogP contribution in [0.3, 0.4) is 0 Å². The van der Waals surface area contributed by atoms with Gasteiger partial charge in [-0.1, -0.05) is 42.0 Å². The molecule has 0 unspecified atom stereocenters. The summed E-state index contributed by atoms with van der Waals surface area (Å²) in [5, 5.41) is 9.29. The molecular formula is C24H21N3O3S. The van der Waals surface area contributed by atoms with Crippen molar-refractivity contribution in [3.63, 3.8) is 0 Å². The number of hydrogen-bond donors (Lipinski definition) is 1. The number of nitrogens with one attached hydrogen (secondary N) is 1. The third-order valence-corrected chi connectivity index (χ3v) is 5.58. The number of carbonyl (C=O) groups is 2. The van der Waals surface area contributed by atoms with Crippen LogP contribution in [0.1, 0.15) is 21.5 Å². The second-order valence-electron chi connectivity index (χ2n) is 7.09. The second kappa shape index (κ2) is 8.97. The fraction of sp³-hybridized carbons (Fsp3) is 0.125. The minimum atomic E-state index is -0.596. The number of benzene rings is 2. The number of aromatic nitrogens is 2. The van der Waals surface area contributed by atoms with E-state index in [9.17, 15) is 9.59 Å². The highest BCUT2D eigenvalue weighted by atomic mass is 32.1. The number of hydrogen-bond acceptors (Lipinski definition) is 5. The average molecular weight is 432 g/mol. The molecule has 0 fully saturated rings. The first kappa shape index (κ1) is 20.6. The van der Waals surface area contributed by atoms with Crippen molar-refractivity contribution >= 4 is 28.9 Å². The molecule has 1 N–H and O–H groups in total. The molecule has 0 bridgehead atoms. The van der Waals surface area contributed by atoms with Crippen LogP contribution < -0.4 is 5.32 Å². The van der Waals surface area contributed by atoms with Crippen LogP contribution in [-0.2, 0) is 9.53 Å². The van der Waals surface area contributed by atoms with Gasteiger partial charge in [0.25, 0.3) is 5.91 Å². The van der Waals surface area contributed by atoms with Crippen LogP contribution in [0.4, 0.5) is 5.69 Å². The number of carbonyl (C=O) groups excluding carboxylic acids is 2. The van der Waals surface area contributed by atoms with E-state index in [4.69, 9.17) is 4.74 Å². The van der Waals surface area contributed by atoms with E-state index in [2.05, 4.69) is 10.4 Å². The van der Waals surface area contributed by atoms with E-state index in [-0.39, 0.29) is 6.61 Å². The summed E-state index contributed by atoms with van der Waals surface area (Å²) in [6.45, 7) is 3.52. The lowest BCUT2D eigenvalue weighted by atomic mass is 10.1. The quantitative estimate of drug-likeness (QED) is 0.436. The zero-order valence-corrected chi connectivity index (χ0v) is 18.0. The van der Waals surface area contributed by atoms with Gasteiger partial charge in [0.15, 0.2) is 6.61 Å². The van der Waals surface area contributed by atoms with E-state index in [0.29, 0.717) is 16.9 Å². The Labute approximate surface area is 184 Å². The molecule has 4 rings (SSSR count). The number of amides is 1. The van der Waals surface area contributed by atoms with E-state index in [1.165, 1.54) is 11.3 Å². The molecule has 156 valence electrons. The van der Waals surface area contributed by atoms with Crippen molar-refractivity contribution in [1.82, 2.24) is 9.78 Å².